The molecule has 0 aromatic rings. The van der Waals surface area contributed by atoms with Crippen LogP contribution in [0.2, 0.25) is 0 Å². The Labute approximate surface area is 84.9 Å². The van der Waals surface area contributed by atoms with Crippen LogP contribution in [-0.4, -0.2) is 5.21 Å². The van der Waals surface area contributed by atoms with Gasteiger partial charge in [-0.05, 0) is 0 Å². The van der Waals surface area contributed by atoms with Gasteiger partial charge in [-0.25, -0.2) is 0 Å². The average molecular weight is 217 g/mol. The van der Waals surface area contributed by atoms with Gasteiger partial charge < -0.3 is 59.2 Å². The van der Waals surface area contributed by atoms with Crippen LogP contribution in [0, 0.1) is 59.2 Å². The van der Waals surface area contributed by atoms with E-state index in [4.69, 9.17) is 64.4 Å². The maximum atomic E-state index is 7.08. The molecule has 0 atom stereocenters. The molecule has 0 unspecified atom stereocenters. The molecule has 0 saturated heterocycles. The second-order valence-corrected chi connectivity index (χ2v) is 0.292. The van der Waals surface area contributed by atoms with Crippen molar-refractivity contribution in [2.24, 2.45) is 4.13 Å². The fraction of sp³-hybridized carbons (Fsp3) is 0. The second-order valence-electron chi connectivity index (χ2n) is 0.0707. The summed E-state index contributed by atoms with van der Waals surface area (Å²) in [6.45, 7) is 23.8. The van der Waals surface area contributed by atoms with E-state index in [9.17, 15) is 0 Å². The smallest absolute Gasteiger partial charge is 0.488 e. The molecule has 1 N–H and O–H groups in total. The van der Waals surface area contributed by atoms with Gasteiger partial charge in [0.2, 0.25) is 0 Å². The third-order valence-electron chi connectivity index (χ3n) is 0. The maximum absolute atomic E-state index is 7.08. The molecule has 0 amide bonds. The molecule has 0 aromatic heterocycles. The Kier molecular flexibility index (Phi) is 1600. The molecule has 0 aromatic carbocycles. The maximum Gasteiger partial charge on any atom is -0.488 e. The number of rotatable bonds is 0. The normalized spacial score (nSPS) is 1.85. The molecule has 0 aliphatic rings. The van der Waals surface area contributed by atoms with Crippen LogP contribution in [0.5, 0.6) is 0 Å². The van der Waals surface area contributed by atoms with Crippen LogP contribution in [-0.2, 0) is 15.8 Å². The summed E-state index contributed by atoms with van der Waals surface area (Å²) < 4.78 is 2.25. The Bertz CT molecular complexity index is 111. The van der Waals surface area contributed by atoms with E-state index in [1.165, 1.54) is 0 Å². The Hall–Kier alpha value is -2.27. The van der Waals surface area contributed by atoms with Gasteiger partial charge in [-0.3, -0.25) is 0 Å². The molecule has 0 radical (unpaired) electrons. The Morgan fingerprint density at radius 2 is 0.692 bits per heavy atom. The van der Waals surface area contributed by atoms with Gasteiger partial charge >= 0.3 is 25.2 Å². The molecule has 13 heavy (non-hydrogen) atoms. The van der Waals surface area contributed by atoms with Gasteiger partial charge in [-0.1, -0.05) is 0 Å². The van der Waals surface area contributed by atoms with E-state index in [2.05, 4.69) is 19.9 Å². The summed E-state index contributed by atoms with van der Waals surface area (Å²) in [5, 5.41) is 38.3. The molecule has 0 aliphatic carbocycles. The molecule has 0 spiro atoms. The summed E-state index contributed by atoms with van der Waals surface area (Å²) in [5.74, 6) is 0. The van der Waals surface area contributed by atoms with Gasteiger partial charge in [-0.15, -0.1) is 0 Å². The minimum atomic E-state index is 2.25. The van der Waals surface area contributed by atoms with Crippen molar-refractivity contribution >= 4 is 0 Å². The van der Waals surface area contributed by atoms with Crippen LogP contribution in [0.1, 0.15) is 0 Å². The first-order valence-corrected chi connectivity index (χ1v) is 1.97. The third kappa shape index (κ3) is 113. The zero-order valence-electron chi connectivity index (χ0n) is 5.98. The molecule has 0 saturated carbocycles. The summed E-state index contributed by atoms with van der Waals surface area (Å²) in [4.78, 5) is 0. The van der Waals surface area contributed by atoms with Crippen LogP contribution in [0.25, 0.3) is 0 Å². The quantitative estimate of drug-likeness (QED) is 0.355. The third-order valence-corrected chi connectivity index (χ3v) is 0. The van der Waals surface area contributed by atoms with Crippen LogP contribution in [0.15, 0.2) is 4.13 Å². The van der Waals surface area contributed by atoms with Crippen molar-refractivity contribution in [2.45, 2.75) is 0 Å². The van der Waals surface area contributed by atoms with Crippen molar-refractivity contribution in [1.82, 2.24) is 0 Å². The molecule has 0 heterocycles. The molecule has 7 nitrogen and oxygen atoms in total. The molecule has 0 aliphatic heterocycles. The first kappa shape index (κ1) is 45.4. The molecule has 0 fully saturated rings. The fourth-order valence-electron chi connectivity index (χ4n) is 0. The van der Waals surface area contributed by atoms with Gasteiger partial charge in [-0.2, -0.15) is 0 Å². The van der Waals surface area contributed by atoms with Crippen LogP contribution in [0.4, 0.5) is 0 Å². The van der Waals surface area contributed by atoms with E-state index >= 15 is 0 Å². The molecule has 70 valence electrons. The summed E-state index contributed by atoms with van der Waals surface area (Å²) in [5.41, 5.74) is 0. The van der Waals surface area contributed by atoms with Crippen molar-refractivity contribution < 1.29 is 21.0 Å². The largest absolute Gasteiger partial charge is 0.512 e. The van der Waals surface area contributed by atoms with E-state index in [0.717, 1.165) is 0 Å². The van der Waals surface area contributed by atoms with E-state index < -0.39 is 0 Å². The monoisotopic (exact) mass is 217 g/mol. The van der Waals surface area contributed by atoms with E-state index in [-0.39, 0.29) is 0 Å². The zero-order valence-corrected chi connectivity index (χ0v) is 7.09. The van der Waals surface area contributed by atoms with Crippen LogP contribution < -0.4 is 0 Å². The summed E-state index contributed by atoms with van der Waals surface area (Å²) in [6, 6.07) is 0. The Balaban J connectivity index is -0.0000000115. The van der Waals surface area contributed by atoms with E-state index in [1.54, 1.807) is 0 Å². The minimum absolute atomic E-state index is 2.25. The Morgan fingerprint density at radius 3 is 0.692 bits per heavy atom. The molecule has 8 heteroatoms. The predicted molar refractivity (Wildman–Crippen MR) is 29.1 cm³/mol. The van der Waals surface area contributed by atoms with Gasteiger partial charge in [0.1, 0.15) is 0 Å². The molecular formula is C5HFeN6O-5. The van der Waals surface area contributed by atoms with Gasteiger partial charge in [0.05, 0.1) is 0 Å². The molecular weight excluding hydrogens is 216 g/mol. The van der Waals surface area contributed by atoms with Crippen molar-refractivity contribution in [3.05, 3.63) is 32.9 Å². The van der Waals surface area contributed by atoms with Gasteiger partial charge in [0.25, 0.3) is 0 Å². The summed E-state index contributed by atoms with van der Waals surface area (Å²) >= 11 is 2.67. The first-order chi connectivity index (χ1) is 6.41. The zero-order chi connectivity index (χ0) is 12.7. The van der Waals surface area contributed by atoms with Crippen molar-refractivity contribution in [2.75, 3.05) is 0 Å². The minimum Gasteiger partial charge on any atom is -0.512 e. The number of hydrogen-bond acceptors (Lipinski definition) is 7. The summed E-state index contributed by atoms with van der Waals surface area (Å²) in [7, 11) is 0. The van der Waals surface area contributed by atoms with Crippen molar-refractivity contribution in [3.8, 4) is 0 Å². The fourth-order valence-corrected chi connectivity index (χ4v) is 0. The van der Waals surface area contributed by atoms with Crippen LogP contribution >= 0.6 is 0 Å². The second kappa shape index (κ2) is 459. The Morgan fingerprint density at radius 1 is 0.692 bits per heavy atom. The van der Waals surface area contributed by atoms with Crippen LogP contribution in [0.3, 0.4) is 0 Å². The summed E-state index contributed by atoms with van der Waals surface area (Å²) in [6.07, 6.45) is 0. The van der Waals surface area contributed by atoms with E-state index in [0.29, 0.717) is 0 Å². The topological polar surface area (TPSA) is 152 Å². The van der Waals surface area contributed by atoms with Crippen molar-refractivity contribution in [3.63, 3.8) is 0 Å². The van der Waals surface area contributed by atoms with Crippen molar-refractivity contribution in [1.29, 1.82) is 26.3 Å². The van der Waals surface area contributed by atoms with Gasteiger partial charge in [0, 0.05) is 0 Å². The van der Waals surface area contributed by atoms with E-state index in [1.807, 2.05) is 0 Å². The number of hydrogen-bond donors (Lipinski definition) is 1. The average Bonchev–Trinajstić information content (AvgIpc) is 2.32. The predicted octanol–water partition coefficient (Wildman–Crippen LogP) is 0.588. The van der Waals surface area contributed by atoms with Gasteiger partial charge in [0.15, 0.2) is 0 Å². The number of nitrogens with zero attached hydrogens (tertiary/aromatic N) is 6. The molecule has 0 rings (SSSR count). The first-order valence-electron chi connectivity index (χ1n) is 1.48. The molecule has 0 bridgehead atoms. The standard InChI is InChI=1S/5CN.Fe.HNO/c5*1-2;;1-2/h;;;;;;2H/q5*-1;;. The SMILES string of the molecule is O[N]=[Fe].[C-]#N.[C-]#N.[C-]#N.[C-]#N.[C-]#N.